The molecule has 1 saturated heterocycles. The maximum absolute atomic E-state index is 12.6. The van der Waals surface area contributed by atoms with Crippen LogP contribution in [0.4, 0.5) is 4.79 Å². The molecular weight excluding hydrogens is 322 g/mol. The molecule has 0 aliphatic carbocycles. The number of aromatic nitrogens is 3. The summed E-state index contributed by atoms with van der Waals surface area (Å²) in [4.78, 5) is 14.5. The number of carbonyl (C=O) groups is 1. The molecule has 2 aromatic rings. The number of para-hydroxylation sites is 1. The van der Waals surface area contributed by atoms with Crippen LogP contribution in [0.1, 0.15) is 32.0 Å². The van der Waals surface area contributed by atoms with E-state index in [-0.39, 0.29) is 18.1 Å². The molecule has 1 aliphatic heterocycles. The minimum atomic E-state index is -0.182. The molecule has 2 unspecified atom stereocenters. The molecule has 2 amide bonds. The number of thioether (sulfide) groups is 1. The van der Waals surface area contributed by atoms with Gasteiger partial charge in [0, 0.05) is 18.3 Å². The van der Waals surface area contributed by atoms with Gasteiger partial charge in [-0.15, -0.1) is 5.10 Å². The fraction of sp³-hybridized carbons (Fsp3) is 0.471. The monoisotopic (exact) mass is 345 g/mol. The van der Waals surface area contributed by atoms with Gasteiger partial charge in [0.1, 0.15) is 5.69 Å². The fourth-order valence-corrected chi connectivity index (χ4v) is 3.76. The van der Waals surface area contributed by atoms with Gasteiger partial charge in [-0.3, -0.25) is 0 Å². The maximum atomic E-state index is 12.6. The Morgan fingerprint density at radius 2 is 2.12 bits per heavy atom. The van der Waals surface area contributed by atoms with Crippen molar-refractivity contribution in [3.63, 3.8) is 0 Å². The zero-order chi connectivity index (χ0) is 16.9. The van der Waals surface area contributed by atoms with E-state index in [4.69, 9.17) is 0 Å². The van der Waals surface area contributed by atoms with Crippen molar-refractivity contribution < 1.29 is 4.79 Å². The van der Waals surface area contributed by atoms with Gasteiger partial charge >= 0.3 is 6.03 Å². The van der Waals surface area contributed by atoms with Crippen LogP contribution < -0.4 is 5.32 Å². The topological polar surface area (TPSA) is 63.1 Å². The first-order valence-corrected chi connectivity index (χ1v) is 9.43. The minimum absolute atomic E-state index is 0.0215. The third kappa shape index (κ3) is 3.90. The van der Waals surface area contributed by atoms with Gasteiger partial charge < -0.3 is 10.2 Å². The van der Waals surface area contributed by atoms with E-state index in [0.29, 0.717) is 0 Å². The lowest BCUT2D eigenvalue weighted by atomic mass is 10.2. The van der Waals surface area contributed by atoms with Gasteiger partial charge in [0.05, 0.1) is 17.9 Å². The summed E-state index contributed by atoms with van der Waals surface area (Å²) in [6.45, 7) is 4.84. The molecule has 1 aromatic heterocycles. The van der Waals surface area contributed by atoms with Crippen molar-refractivity contribution in [3.8, 4) is 5.69 Å². The number of hydrogen-bond acceptors (Lipinski definition) is 4. The Morgan fingerprint density at radius 3 is 2.92 bits per heavy atom. The van der Waals surface area contributed by atoms with Crippen LogP contribution in [0.3, 0.4) is 0 Å². The van der Waals surface area contributed by atoms with Crippen molar-refractivity contribution >= 4 is 17.8 Å². The highest BCUT2D eigenvalue weighted by atomic mass is 32.2. The van der Waals surface area contributed by atoms with Gasteiger partial charge in [0.2, 0.25) is 0 Å². The van der Waals surface area contributed by atoms with Crippen LogP contribution in [-0.4, -0.2) is 50.0 Å². The molecule has 1 fully saturated rings. The molecule has 0 saturated carbocycles. The zero-order valence-electron chi connectivity index (χ0n) is 14.1. The smallest absolute Gasteiger partial charge is 0.318 e. The Kier molecular flexibility index (Phi) is 5.40. The molecule has 1 aromatic carbocycles. The van der Waals surface area contributed by atoms with Crippen LogP contribution in [0.25, 0.3) is 5.69 Å². The zero-order valence-corrected chi connectivity index (χ0v) is 14.9. The highest BCUT2D eigenvalue weighted by Gasteiger charge is 2.24. The first-order chi connectivity index (χ1) is 11.6. The molecule has 0 spiro atoms. The lowest BCUT2D eigenvalue weighted by molar-refractivity contribution is 0.179. The molecule has 6 nitrogen and oxygen atoms in total. The molecule has 0 radical (unpaired) electrons. The second-order valence-corrected chi connectivity index (χ2v) is 7.26. The minimum Gasteiger partial charge on any atom is -0.330 e. The lowest BCUT2D eigenvalue weighted by Crippen LogP contribution is -2.46. The predicted molar refractivity (Wildman–Crippen MR) is 96.4 cm³/mol. The molecule has 1 N–H and O–H groups in total. The van der Waals surface area contributed by atoms with Crippen molar-refractivity contribution in [1.82, 2.24) is 25.2 Å². The van der Waals surface area contributed by atoms with E-state index in [1.165, 1.54) is 0 Å². The molecule has 0 bridgehead atoms. The largest absolute Gasteiger partial charge is 0.330 e. The average Bonchev–Trinajstić information content (AvgIpc) is 2.99. The van der Waals surface area contributed by atoms with E-state index in [0.717, 1.165) is 35.9 Å². The van der Waals surface area contributed by atoms with E-state index in [1.807, 2.05) is 60.1 Å². The molecule has 3 rings (SSSR count). The highest BCUT2D eigenvalue weighted by Crippen LogP contribution is 2.17. The van der Waals surface area contributed by atoms with Gasteiger partial charge in [-0.1, -0.05) is 23.4 Å². The Balaban J connectivity index is 1.65. The Hall–Kier alpha value is -2.02. The summed E-state index contributed by atoms with van der Waals surface area (Å²) in [6.07, 6.45) is 2.90. The second kappa shape index (κ2) is 7.70. The van der Waals surface area contributed by atoms with Gasteiger partial charge in [0.25, 0.3) is 0 Å². The number of nitrogens with zero attached hydrogens (tertiary/aromatic N) is 4. The number of carbonyl (C=O) groups excluding carboxylic acids is 1. The SMILES string of the molecule is CC(NC(=O)N1CCSCCC1C)c1cn(-c2ccccc2)nn1. The molecule has 2 heterocycles. The van der Waals surface area contributed by atoms with Crippen molar-refractivity contribution in [3.05, 3.63) is 42.2 Å². The summed E-state index contributed by atoms with van der Waals surface area (Å²) in [5, 5.41) is 11.4. The van der Waals surface area contributed by atoms with Crippen molar-refractivity contribution in [1.29, 1.82) is 0 Å². The number of urea groups is 1. The lowest BCUT2D eigenvalue weighted by Gasteiger charge is -2.28. The average molecular weight is 345 g/mol. The first kappa shape index (κ1) is 16.8. The van der Waals surface area contributed by atoms with E-state index in [9.17, 15) is 4.79 Å². The summed E-state index contributed by atoms with van der Waals surface area (Å²) in [7, 11) is 0. The van der Waals surface area contributed by atoms with Crippen molar-refractivity contribution in [2.75, 3.05) is 18.1 Å². The van der Waals surface area contributed by atoms with Crippen LogP contribution in [0.5, 0.6) is 0 Å². The van der Waals surface area contributed by atoms with E-state index >= 15 is 0 Å². The van der Waals surface area contributed by atoms with E-state index in [2.05, 4.69) is 22.6 Å². The number of hydrogen-bond donors (Lipinski definition) is 1. The molecular formula is C17H23N5OS. The Labute approximate surface area is 146 Å². The highest BCUT2D eigenvalue weighted by molar-refractivity contribution is 7.99. The molecule has 1 aliphatic rings. The van der Waals surface area contributed by atoms with Gasteiger partial charge in [-0.25, -0.2) is 9.48 Å². The summed E-state index contributed by atoms with van der Waals surface area (Å²) in [5.41, 5.74) is 1.71. The summed E-state index contributed by atoms with van der Waals surface area (Å²) in [6, 6.07) is 9.89. The number of benzene rings is 1. The summed E-state index contributed by atoms with van der Waals surface area (Å²) in [5.74, 6) is 2.11. The van der Waals surface area contributed by atoms with Crippen LogP contribution in [0.2, 0.25) is 0 Å². The third-order valence-electron chi connectivity index (χ3n) is 4.26. The van der Waals surface area contributed by atoms with Crippen LogP contribution >= 0.6 is 11.8 Å². The molecule has 24 heavy (non-hydrogen) atoms. The second-order valence-electron chi connectivity index (χ2n) is 6.04. The van der Waals surface area contributed by atoms with Crippen LogP contribution in [-0.2, 0) is 0 Å². The summed E-state index contributed by atoms with van der Waals surface area (Å²) >= 11 is 1.91. The Morgan fingerprint density at radius 1 is 1.33 bits per heavy atom. The summed E-state index contributed by atoms with van der Waals surface area (Å²) < 4.78 is 1.73. The number of amides is 2. The fourth-order valence-electron chi connectivity index (χ4n) is 2.72. The first-order valence-electron chi connectivity index (χ1n) is 8.27. The number of rotatable bonds is 3. The van der Waals surface area contributed by atoms with Gasteiger partial charge in [-0.05, 0) is 38.2 Å². The van der Waals surface area contributed by atoms with Crippen molar-refractivity contribution in [2.24, 2.45) is 0 Å². The van der Waals surface area contributed by atoms with Crippen LogP contribution in [0, 0.1) is 0 Å². The van der Waals surface area contributed by atoms with Crippen LogP contribution in [0.15, 0.2) is 36.5 Å². The van der Waals surface area contributed by atoms with E-state index < -0.39 is 0 Å². The van der Waals surface area contributed by atoms with Crippen molar-refractivity contribution in [2.45, 2.75) is 32.4 Å². The molecule has 7 heteroatoms. The quantitative estimate of drug-likeness (QED) is 0.929. The maximum Gasteiger partial charge on any atom is 0.318 e. The third-order valence-corrected chi connectivity index (χ3v) is 5.26. The van der Waals surface area contributed by atoms with E-state index in [1.54, 1.807) is 4.68 Å². The molecule has 2 atom stereocenters. The normalized spacial score (nSPS) is 19.6. The van der Waals surface area contributed by atoms with Gasteiger partial charge in [0.15, 0.2) is 0 Å². The predicted octanol–water partition coefficient (Wildman–Crippen LogP) is 2.87. The van der Waals surface area contributed by atoms with Gasteiger partial charge in [-0.2, -0.15) is 11.8 Å². The molecule has 128 valence electrons. The Bertz CT molecular complexity index is 675. The standard InChI is InChI=1S/C17H23N5OS/c1-13-8-10-24-11-9-21(13)17(23)18-14(2)16-12-22(20-19-16)15-6-4-3-5-7-15/h3-7,12-14H,8-11H2,1-2H3,(H,18,23). The number of nitrogens with one attached hydrogen (secondary N) is 1.